The predicted molar refractivity (Wildman–Crippen MR) is 59.1 cm³/mol. The molecule has 0 saturated heterocycles. The molecule has 0 aliphatic heterocycles. The first-order chi connectivity index (χ1) is 6.86. The average molecular weight is 187 g/mol. The molecule has 0 fully saturated rings. The zero-order valence-corrected chi connectivity index (χ0v) is 8.02. The van der Waals surface area contributed by atoms with E-state index in [4.69, 9.17) is 4.74 Å². The molecule has 72 valence electrons. The first-order valence-corrected chi connectivity index (χ1v) is 4.32. The molecule has 0 radical (unpaired) electrons. The van der Waals surface area contributed by atoms with Crippen LogP contribution in [-0.2, 0) is 11.3 Å². The van der Waals surface area contributed by atoms with Gasteiger partial charge in [-0.1, -0.05) is 36.9 Å². The van der Waals surface area contributed by atoms with Gasteiger partial charge in [-0.2, -0.15) is 0 Å². The second-order valence-corrected chi connectivity index (χ2v) is 2.69. The maximum Gasteiger partial charge on any atom is 0.137 e. The van der Waals surface area contributed by atoms with Gasteiger partial charge >= 0.3 is 0 Å². The molecule has 0 unspecified atom stereocenters. The highest BCUT2D eigenvalue weighted by molar-refractivity contribution is 5.27. The monoisotopic (exact) mass is 187 g/mol. The molecule has 0 amide bonds. The molecule has 2 heteroatoms. The quantitative estimate of drug-likeness (QED) is 0.394. The second-order valence-electron chi connectivity index (χ2n) is 2.69. The lowest BCUT2D eigenvalue weighted by Crippen LogP contribution is -1.90. The molecule has 1 aromatic carbocycles. The Bertz CT molecular complexity index is 327. The summed E-state index contributed by atoms with van der Waals surface area (Å²) in [7, 11) is 0. The minimum atomic E-state index is 0.522. The summed E-state index contributed by atoms with van der Waals surface area (Å²) in [4.78, 5) is 3.61. The van der Waals surface area contributed by atoms with Crippen LogP contribution >= 0.6 is 0 Å². The average Bonchev–Trinajstić information content (AvgIpc) is 2.25. The lowest BCUT2D eigenvalue weighted by Gasteiger charge is -2.05. The van der Waals surface area contributed by atoms with Gasteiger partial charge in [-0.25, -0.2) is 0 Å². The summed E-state index contributed by atoms with van der Waals surface area (Å²) in [6, 6.07) is 9.92. The number of ether oxygens (including phenoxy) is 1. The van der Waals surface area contributed by atoms with E-state index in [2.05, 4.69) is 18.3 Å². The van der Waals surface area contributed by atoms with Crippen molar-refractivity contribution in [3.63, 3.8) is 0 Å². The molecule has 0 heterocycles. The fourth-order valence-electron chi connectivity index (χ4n) is 0.980. The van der Waals surface area contributed by atoms with Gasteiger partial charge in [0.25, 0.3) is 0 Å². The summed E-state index contributed by atoms with van der Waals surface area (Å²) >= 11 is 0. The molecule has 1 rings (SSSR count). The number of nitrogens with zero attached hydrogens (tertiary/aromatic N) is 1. The normalized spacial score (nSPS) is 10.7. The van der Waals surface area contributed by atoms with E-state index < -0.39 is 0 Å². The minimum Gasteiger partial charge on any atom is -0.487 e. The van der Waals surface area contributed by atoms with Crippen LogP contribution in [0.25, 0.3) is 0 Å². The van der Waals surface area contributed by atoms with Crippen molar-refractivity contribution >= 4 is 6.72 Å². The van der Waals surface area contributed by atoms with Crippen molar-refractivity contribution in [2.45, 2.75) is 6.61 Å². The van der Waals surface area contributed by atoms with Crippen molar-refractivity contribution in [3.05, 3.63) is 60.5 Å². The Balaban J connectivity index is 2.52. The van der Waals surface area contributed by atoms with Gasteiger partial charge in [-0.15, -0.1) is 0 Å². The van der Waals surface area contributed by atoms with Gasteiger partial charge in [0.05, 0.1) is 6.20 Å². The molecule has 14 heavy (non-hydrogen) atoms. The molecule has 0 spiro atoms. The first kappa shape index (κ1) is 10.3. The third-order valence-corrected chi connectivity index (χ3v) is 1.67. The van der Waals surface area contributed by atoms with Gasteiger partial charge in [0.1, 0.15) is 12.4 Å². The van der Waals surface area contributed by atoms with Crippen molar-refractivity contribution in [2.75, 3.05) is 0 Å². The van der Waals surface area contributed by atoms with Crippen molar-refractivity contribution in [3.8, 4) is 0 Å². The largest absolute Gasteiger partial charge is 0.487 e. The standard InChI is InChI=1S/C12H13NO/c1-3-12(9-13-2)14-10-11-7-5-4-6-8-11/h3-9H,1-2,10H2. The molecule has 1 aromatic rings. The van der Waals surface area contributed by atoms with Gasteiger partial charge in [0, 0.05) is 0 Å². The Kier molecular flexibility index (Phi) is 4.21. The van der Waals surface area contributed by atoms with Crippen LogP contribution in [0.1, 0.15) is 5.56 Å². The molecule has 0 saturated carbocycles. The maximum absolute atomic E-state index is 5.43. The van der Waals surface area contributed by atoms with Crippen LogP contribution in [0.5, 0.6) is 0 Å². The summed E-state index contributed by atoms with van der Waals surface area (Å²) in [6.07, 6.45) is 3.15. The molecule has 0 aliphatic rings. The summed E-state index contributed by atoms with van der Waals surface area (Å²) in [6.45, 7) is 7.48. The van der Waals surface area contributed by atoms with E-state index in [1.807, 2.05) is 30.3 Å². The number of rotatable bonds is 5. The number of hydrogen-bond donors (Lipinski definition) is 0. The molecule has 0 bridgehead atoms. The minimum absolute atomic E-state index is 0.522. The Hall–Kier alpha value is -1.83. The van der Waals surface area contributed by atoms with Crippen molar-refractivity contribution < 1.29 is 4.74 Å². The van der Waals surface area contributed by atoms with E-state index in [-0.39, 0.29) is 0 Å². The van der Waals surface area contributed by atoms with Gasteiger partial charge in [0.15, 0.2) is 0 Å². The van der Waals surface area contributed by atoms with Gasteiger partial charge < -0.3 is 4.74 Å². The number of allylic oxidation sites excluding steroid dienone is 1. The predicted octanol–water partition coefficient (Wildman–Crippen LogP) is 2.93. The van der Waals surface area contributed by atoms with Crippen molar-refractivity contribution in [1.29, 1.82) is 0 Å². The van der Waals surface area contributed by atoms with E-state index in [0.717, 1.165) is 5.56 Å². The summed E-state index contributed by atoms with van der Waals surface area (Å²) in [5, 5.41) is 0. The van der Waals surface area contributed by atoms with Crippen LogP contribution in [0.15, 0.2) is 59.9 Å². The zero-order chi connectivity index (χ0) is 10.2. The van der Waals surface area contributed by atoms with E-state index in [0.29, 0.717) is 12.4 Å². The van der Waals surface area contributed by atoms with Crippen LogP contribution in [0, 0.1) is 0 Å². The van der Waals surface area contributed by atoms with Gasteiger partial charge in [-0.3, -0.25) is 4.99 Å². The number of benzene rings is 1. The Morgan fingerprint density at radius 1 is 1.36 bits per heavy atom. The third kappa shape index (κ3) is 3.27. The van der Waals surface area contributed by atoms with E-state index >= 15 is 0 Å². The molecular weight excluding hydrogens is 174 g/mol. The van der Waals surface area contributed by atoms with Crippen molar-refractivity contribution in [1.82, 2.24) is 0 Å². The highest BCUT2D eigenvalue weighted by Crippen LogP contribution is 2.06. The lowest BCUT2D eigenvalue weighted by molar-refractivity contribution is 0.210. The highest BCUT2D eigenvalue weighted by Gasteiger charge is 1.93. The molecule has 0 atom stereocenters. The molecule has 0 N–H and O–H groups in total. The second kappa shape index (κ2) is 5.75. The Morgan fingerprint density at radius 3 is 2.64 bits per heavy atom. The summed E-state index contributed by atoms with van der Waals surface area (Å²) in [5.74, 6) is 0.629. The van der Waals surface area contributed by atoms with Crippen LogP contribution in [0.4, 0.5) is 0 Å². The molecular formula is C12H13NO. The topological polar surface area (TPSA) is 21.6 Å². The summed E-state index contributed by atoms with van der Waals surface area (Å²) in [5.41, 5.74) is 1.12. The number of aliphatic imine (C=N–C) groups is 1. The fourth-order valence-corrected chi connectivity index (χ4v) is 0.980. The van der Waals surface area contributed by atoms with E-state index in [1.54, 1.807) is 6.08 Å². The number of hydrogen-bond acceptors (Lipinski definition) is 2. The van der Waals surface area contributed by atoms with Gasteiger partial charge in [0.2, 0.25) is 0 Å². The van der Waals surface area contributed by atoms with Crippen molar-refractivity contribution in [2.24, 2.45) is 4.99 Å². The van der Waals surface area contributed by atoms with E-state index in [1.165, 1.54) is 6.20 Å². The van der Waals surface area contributed by atoms with Crippen LogP contribution < -0.4 is 0 Å². The van der Waals surface area contributed by atoms with Crippen LogP contribution in [0.3, 0.4) is 0 Å². The third-order valence-electron chi connectivity index (χ3n) is 1.67. The first-order valence-electron chi connectivity index (χ1n) is 4.32. The fraction of sp³-hybridized carbons (Fsp3) is 0.0833. The molecule has 2 nitrogen and oxygen atoms in total. The van der Waals surface area contributed by atoms with E-state index in [9.17, 15) is 0 Å². The lowest BCUT2D eigenvalue weighted by atomic mass is 10.2. The highest BCUT2D eigenvalue weighted by atomic mass is 16.5. The van der Waals surface area contributed by atoms with Gasteiger partial charge in [-0.05, 0) is 18.4 Å². The maximum atomic E-state index is 5.43. The Morgan fingerprint density at radius 2 is 2.07 bits per heavy atom. The van der Waals surface area contributed by atoms with Crippen LogP contribution in [-0.4, -0.2) is 6.72 Å². The molecule has 0 aromatic heterocycles. The Labute approximate surface area is 84.3 Å². The summed E-state index contributed by atoms with van der Waals surface area (Å²) < 4.78 is 5.43. The smallest absolute Gasteiger partial charge is 0.137 e. The SMILES string of the molecule is C=CC(=CN=C)OCc1ccccc1. The van der Waals surface area contributed by atoms with Crippen LogP contribution in [0.2, 0.25) is 0 Å². The zero-order valence-electron chi connectivity index (χ0n) is 8.02. The molecule has 0 aliphatic carbocycles.